The van der Waals surface area contributed by atoms with Crippen LogP contribution in [-0.4, -0.2) is 49.5 Å². The minimum absolute atomic E-state index is 0.0796. The first-order valence-electron chi connectivity index (χ1n) is 9.56. The van der Waals surface area contributed by atoms with Gasteiger partial charge in [0, 0.05) is 10.6 Å². The number of hydrogen-bond donors (Lipinski definition) is 1. The second kappa shape index (κ2) is 10.9. The fourth-order valence-corrected chi connectivity index (χ4v) is 4.63. The Bertz CT molecular complexity index is 1340. The Balaban J connectivity index is 2.01. The van der Waals surface area contributed by atoms with Crippen LogP contribution in [-0.2, 0) is 25.0 Å². The molecule has 1 N–H and O–H groups in total. The van der Waals surface area contributed by atoms with Gasteiger partial charge in [0.05, 0.1) is 6.42 Å². The van der Waals surface area contributed by atoms with Gasteiger partial charge in [0.25, 0.3) is 0 Å². The van der Waals surface area contributed by atoms with Crippen LogP contribution < -0.4 is 8.92 Å². The van der Waals surface area contributed by atoms with Crippen molar-refractivity contribution in [1.82, 2.24) is 0 Å². The van der Waals surface area contributed by atoms with E-state index in [1.807, 2.05) is 0 Å². The molecular formula is C20H16F6O8S3. The molecule has 0 fully saturated rings. The first-order valence-corrected chi connectivity index (χ1v) is 13.4. The van der Waals surface area contributed by atoms with Crippen molar-refractivity contribution >= 4 is 44.0 Å². The molecule has 0 unspecified atom stereocenters. The van der Waals surface area contributed by atoms with E-state index in [2.05, 4.69) is 10.8 Å². The SMILES string of the molecule is C=Cc1ccc(OC(=O)CCSc2ccc(OS(=O)(=O)C(F)(F)C(F)(F)C(F)(F)S(=O)(=O)O)cc2)cc1. The van der Waals surface area contributed by atoms with E-state index in [4.69, 9.17) is 9.29 Å². The number of alkyl halides is 6. The summed E-state index contributed by atoms with van der Waals surface area (Å²) >= 11 is 1.03. The first-order chi connectivity index (χ1) is 16.9. The largest absolute Gasteiger partial charge is 0.450 e. The van der Waals surface area contributed by atoms with Gasteiger partial charge in [-0.2, -0.15) is 43.2 Å². The number of esters is 1. The van der Waals surface area contributed by atoms with Gasteiger partial charge in [0.2, 0.25) is 0 Å². The molecule has 0 saturated carbocycles. The summed E-state index contributed by atoms with van der Waals surface area (Å²) in [6.45, 7) is 3.58. The van der Waals surface area contributed by atoms with Crippen LogP contribution >= 0.6 is 11.8 Å². The lowest BCUT2D eigenvalue weighted by Crippen LogP contribution is -2.61. The van der Waals surface area contributed by atoms with Crippen molar-refractivity contribution in [1.29, 1.82) is 0 Å². The Morgan fingerprint density at radius 1 is 0.892 bits per heavy atom. The normalized spacial score (nSPS) is 13.2. The summed E-state index contributed by atoms with van der Waals surface area (Å²) in [5.74, 6) is -8.26. The highest BCUT2D eigenvalue weighted by Gasteiger charge is 2.83. The van der Waals surface area contributed by atoms with E-state index >= 15 is 0 Å². The van der Waals surface area contributed by atoms with Gasteiger partial charge in [0.15, 0.2) is 0 Å². The van der Waals surface area contributed by atoms with E-state index in [0.29, 0.717) is 22.8 Å². The molecule has 204 valence electrons. The fourth-order valence-electron chi connectivity index (χ4n) is 2.37. The van der Waals surface area contributed by atoms with E-state index in [1.165, 1.54) is 0 Å². The van der Waals surface area contributed by atoms with Gasteiger partial charge in [-0.15, -0.1) is 11.8 Å². The first kappa shape index (κ1) is 30.5. The molecule has 0 amide bonds. The van der Waals surface area contributed by atoms with Crippen LogP contribution in [0.1, 0.15) is 12.0 Å². The summed E-state index contributed by atoms with van der Waals surface area (Å²) in [5.41, 5.74) is 0.809. The average Bonchev–Trinajstić information content (AvgIpc) is 2.79. The third-order valence-electron chi connectivity index (χ3n) is 4.32. The molecule has 0 atom stereocenters. The molecule has 17 heteroatoms. The average molecular weight is 595 g/mol. The number of rotatable bonds is 12. The van der Waals surface area contributed by atoms with Crippen molar-refractivity contribution < 1.29 is 61.4 Å². The van der Waals surface area contributed by atoms with E-state index in [1.54, 1.807) is 30.3 Å². The Morgan fingerprint density at radius 2 is 1.41 bits per heavy atom. The second-order valence-corrected chi connectivity index (χ2v) is 11.2. The highest BCUT2D eigenvalue weighted by molar-refractivity contribution is 7.99. The van der Waals surface area contributed by atoms with Gasteiger partial charge < -0.3 is 8.92 Å². The van der Waals surface area contributed by atoms with Gasteiger partial charge in [-0.05, 0) is 42.0 Å². The minimum Gasteiger partial charge on any atom is -0.427 e. The summed E-state index contributed by atoms with van der Waals surface area (Å²) < 4.78 is 142. The predicted molar refractivity (Wildman–Crippen MR) is 120 cm³/mol. The number of benzene rings is 2. The van der Waals surface area contributed by atoms with Crippen LogP contribution in [0.2, 0.25) is 0 Å². The van der Waals surface area contributed by atoms with E-state index < -0.39 is 48.4 Å². The molecule has 2 rings (SSSR count). The monoisotopic (exact) mass is 594 g/mol. The van der Waals surface area contributed by atoms with Gasteiger partial charge in [0.1, 0.15) is 11.5 Å². The molecule has 0 heterocycles. The summed E-state index contributed by atoms with van der Waals surface area (Å²) in [5, 5.41) is -13.6. The highest BCUT2D eigenvalue weighted by Crippen LogP contribution is 2.50. The van der Waals surface area contributed by atoms with Crippen molar-refractivity contribution in [2.24, 2.45) is 0 Å². The zero-order valence-corrected chi connectivity index (χ0v) is 20.6. The number of carbonyl (C=O) groups is 1. The quantitative estimate of drug-likeness (QED) is 0.0919. The van der Waals surface area contributed by atoms with Crippen LogP contribution in [0.5, 0.6) is 11.5 Å². The third-order valence-corrected chi connectivity index (χ3v) is 7.54. The highest BCUT2D eigenvalue weighted by atomic mass is 32.2. The maximum atomic E-state index is 13.8. The lowest BCUT2D eigenvalue weighted by atomic mass is 10.2. The van der Waals surface area contributed by atoms with Crippen molar-refractivity contribution in [2.75, 3.05) is 5.75 Å². The number of carbonyl (C=O) groups excluding carboxylic acids is 1. The van der Waals surface area contributed by atoms with E-state index in [-0.39, 0.29) is 12.2 Å². The number of halogens is 6. The van der Waals surface area contributed by atoms with Gasteiger partial charge in [-0.3, -0.25) is 9.35 Å². The number of thioether (sulfide) groups is 1. The molecule has 0 aliphatic heterocycles. The lowest BCUT2D eigenvalue weighted by molar-refractivity contribution is -0.247. The van der Waals surface area contributed by atoms with Gasteiger partial charge in [-0.1, -0.05) is 24.8 Å². The smallest absolute Gasteiger partial charge is 0.427 e. The number of hydrogen-bond acceptors (Lipinski definition) is 8. The molecule has 0 saturated heterocycles. The van der Waals surface area contributed by atoms with Crippen molar-refractivity contribution in [2.45, 2.75) is 27.7 Å². The van der Waals surface area contributed by atoms with Crippen LogP contribution in [0.15, 0.2) is 60.0 Å². The van der Waals surface area contributed by atoms with Gasteiger partial charge in [-0.25, -0.2) is 0 Å². The Hall–Kier alpha value is -2.76. The zero-order chi connectivity index (χ0) is 28.3. The molecule has 0 aliphatic rings. The van der Waals surface area contributed by atoms with Crippen molar-refractivity contribution in [3.8, 4) is 11.5 Å². The molecular weight excluding hydrogens is 578 g/mol. The summed E-state index contributed by atoms with van der Waals surface area (Å²) in [7, 11) is -14.0. The predicted octanol–water partition coefficient (Wildman–Crippen LogP) is 4.83. The molecule has 0 aromatic heterocycles. The lowest BCUT2D eigenvalue weighted by Gasteiger charge is -2.29. The standard InChI is InChI=1S/C20H16F6O8S3/c1-2-13-3-5-14(6-4-13)33-17(27)11-12-35-16-9-7-15(8-10-16)34-37(31,32)20(25,26)18(21,22)19(23,24)36(28,29)30/h2-10H,1,11-12H2,(H,28,29,30). The summed E-state index contributed by atoms with van der Waals surface area (Å²) in [6.07, 6.45) is 1.51. The van der Waals surface area contributed by atoms with E-state index in [0.717, 1.165) is 29.5 Å². The molecule has 37 heavy (non-hydrogen) atoms. The maximum absolute atomic E-state index is 13.8. The zero-order valence-electron chi connectivity index (χ0n) is 18.1. The van der Waals surface area contributed by atoms with Crippen LogP contribution in [0.25, 0.3) is 6.08 Å². The molecule has 0 bridgehead atoms. The van der Waals surface area contributed by atoms with Crippen LogP contribution in [0.3, 0.4) is 0 Å². The second-order valence-electron chi connectivity index (χ2n) is 6.94. The van der Waals surface area contributed by atoms with Crippen LogP contribution in [0, 0.1) is 0 Å². The Labute approximate surface area is 211 Å². The fraction of sp³-hybridized carbons (Fsp3) is 0.250. The molecule has 2 aromatic carbocycles. The molecule has 2 aromatic rings. The van der Waals surface area contributed by atoms with Gasteiger partial charge >= 0.3 is 42.6 Å². The summed E-state index contributed by atoms with van der Waals surface area (Å²) in [6, 6.07) is 10.0. The van der Waals surface area contributed by atoms with Crippen molar-refractivity contribution in [3.63, 3.8) is 0 Å². The number of ether oxygens (including phenoxy) is 1. The Morgan fingerprint density at radius 3 is 1.89 bits per heavy atom. The molecule has 0 spiro atoms. The topological polar surface area (TPSA) is 124 Å². The Kier molecular flexibility index (Phi) is 8.99. The van der Waals surface area contributed by atoms with Crippen molar-refractivity contribution in [3.05, 3.63) is 60.7 Å². The molecule has 0 radical (unpaired) electrons. The van der Waals surface area contributed by atoms with E-state index in [9.17, 15) is 48.0 Å². The minimum atomic E-state index is -7.14. The summed E-state index contributed by atoms with van der Waals surface area (Å²) in [4.78, 5) is 12.2. The maximum Gasteiger partial charge on any atom is 0.450 e. The molecule has 8 nitrogen and oxygen atoms in total. The third kappa shape index (κ3) is 6.58. The molecule has 0 aliphatic carbocycles. The van der Waals surface area contributed by atoms with Crippen LogP contribution in [0.4, 0.5) is 26.3 Å².